The van der Waals surface area contributed by atoms with E-state index in [9.17, 15) is 4.79 Å². The maximum absolute atomic E-state index is 11.3. The second kappa shape index (κ2) is 12.3. The van der Waals surface area contributed by atoms with Gasteiger partial charge in [-0.3, -0.25) is 4.79 Å². The van der Waals surface area contributed by atoms with Gasteiger partial charge in [-0.25, -0.2) is 0 Å². The summed E-state index contributed by atoms with van der Waals surface area (Å²) >= 11 is 2.03. The van der Waals surface area contributed by atoms with E-state index in [-0.39, 0.29) is 5.91 Å². The minimum Gasteiger partial charge on any atom is -0.342 e. The van der Waals surface area contributed by atoms with Crippen LogP contribution in [0.15, 0.2) is 43.0 Å². The van der Waals surface area contributed by atoms with Crippen molar-refractivity contribution in [1.82, 2.24) is 4.90 Å². The Labute approximate surface area is 140 Å². The van der Waals surface area contributed by atoms with Crippen molar-refractivity contribution in [2.45, 2.75) is 44.3 Å². The van der Waals surface area contributed by atoms with Crippen LogP contribution in [-0.4, -0.2) is 30.2 Å². The Morgan fingerprint density at radius 3 is 2.41 bits per heavy atom. The molecule has 2 nitrogen and oxygen atoms in total. The third kappa shape index (κ3) is 8.93. The van der Waals surface area contributed by atoms with E-state index >= 15 is 0 Å². The minimum absolute atomic E-state index is 0.0236. The lowest BCUT2D eigenvalue weighted by atomic mass is 10.1. The second-order valence-corrected chi connectivity index (χ2v) is 6.73. The van der Waals surface area contributed by atoms with Crippen molar-refractivity contribution < 1.29 is 4.79 Å². The molecule has 0 aliphatic carbocycles. The van der Waals surface area contributed by atoms with Gasteiger partial charge in [0.2, 0.25) is 5.91 Å². The van der Waals surface area contributed by atoms with Crippen LogP contribution in [0.1, 0.15) is 44.1 Å². The Hall–Kier alpha value is -1.22. The number of likely N-dealkylation sites (N-methyl/N-ethyl adjacent to an activating group) is 1. The first-order valence-corrected chi connectivity index (χ1v) is 9.38. The monoisotopic (exact) mass is 319 g/mol. The normalized spacial score (nSPS) is 10.4. The Morgan fingerprint density at radius 2 is 1.73 bits per heavy atom. The lowest BCUT2D eigenvalue weighted by molar-refractivity contribution is -0.124. The van der Waals surface area contributed by atoms with Gasteiger partial charge >= 0.3 is 0 Å². The van der Waals surface area contributed by atoms with Crippen LogP contribution in [0.25, 0.3) is 0 Å². The molecule has 0 aliphatic rings. The highest BCUT2D eigenvalue weighted by molar-refractivity contribution is 7.98. The molecule has 0 radical (unpaired) electrons. The van der Waals surface area contributed by atoms with Gasteiger partial charge in [-0.2, -0.15) is 11.8 Å². The predicted molar refractivity (Wildman–Crippen MR) is 98.1 cm³/mol. The summed E-state index contributed by atoms with van der Waals surface area (Å²) in [6, 6.07) is 10.7. The number of rotatable bonds is 12. The van der Waals surface area contributed by atoms with Crippen LogP contribution in [0.3, 0.4) is 0 Å². The molecule has 0 unspecified atom stereocenters. The molecule has 0 fully saturated rings. The Bertz CT molecular complexity index is 419. The van der Waals surface area contributed by atoms with E-state index in [1.807, 2.05) is 18.8 Å². The first kappa shape index (κ1) is 18.8. The Kier molecular flexibility index (Phi) is 10.6. The molecule has 0 atom stereocenters. The highest BCUT2D eigenvalue weighted by Gasteiger charge is 2.02. The average molecular weight is 320 g/mol. The number of hydrogen-bond donors (Lipinski definition) is 0. The van der Waals surface area contributed by atoms with Gasteiger partial charge in [0.05, 0.1) is 0 Å². The molecule has 122 valence electrons. The summed E-state index contributed by atoms with van der Waals surface area (Å²) in [7, 11) is 1.84. The lowest BCUT2D eigenvalue weighted by Gasteiger charge is -2.14. The molecule has 0 heterocycles. The topological polar surface area (TPSA) is 20.3 Å². The summed E-state index contributed by atoms with van der Waals surface area (Å²) in [5.74, 6) is 2.41. The van der Waals surface area contributed by atoms with Crippen LogP contribution >= 0.6 is 11.8 Å². The van der Waals surface area contributed by atoms with E-state index in [1.165, 1.54) is 49.5 Å². The highest BCUT2D eigenvalue weighted by Crippen LogP contribution is 2.15. The number of nitrogens with zero attached hydrogens (tertiary/aromatic N) is 1. The highest BCUT2D eigenvalue weighted by atomic mass is 32.2. The Morgan fingerprint density at radius 1 is 1.09 bits per heavy atom. The van der Waals surface area contributed by atoms with Crippen LogP contribution < -0.4 is 0 Å². The van der Waals surface area contributed by atoms with E-state index in [0.717, 1.165) is 18.7 Å². The van der Waals surface area contributed by atoms with E-state index < -0.39 is 0 Å². The fraction of sp³-hybridized carbons (Fsp3) is 0.526. The molecule has 0 bridgehead atoms. The fourth-order valence-electron chi connectivity index (χ4n) is 2.29. The quantitative estimate of drug-likeness (QED) is 0.403. The van der Waals surface area contributed by atoms with Crippen LogP contribution in [-0.2, 0) is 10.5 Å². The SMILES string of the molecule is C=CC(=O)N(C)CCCCCCCCSCc1ccccc1. The molecular weight excluding hydrogens is 290 g/mol. The van der Waals surface area contributed by atoms with Gasteiger partial charge in [-0.1, -0.05) is 62.6 Å². The number of hydrogen-bond acceptors (Lipinski definition) is 2. The zero-order chi connectivity index (χ0) is 16.0. The molecule has 0 aliphatic heterocycles. The first-order chi connectivity index (χ1) is 10.7. The van der Waals surface area contributed by atoms with Crippen LogP contribution in [0, 0.1) is 0 Å². The molecule has 3 heteroatoms. The first-order valence-electron chi connectivity index (χ1n) is 8.23. The third-order valence-electron chi connectivity index (χ3n) is 3.69. The van der Waals surface area contributed by atoms with Gasteiger partial charge in [0.15, 0.2) is 0 Å². The Balaban J connectivity index is 1.86. The van der Waals surface area contributed by atoms with Crippen molar-refractivity contribution in [1.29, 1.82) is 0 Å². The van der Waals surface area contributed by atoms with Crippen molar-refractivity contribution >= 4 is 17.7 Å². The minimum atomic E-state index is 0.0236. The summed E-state index contributed by atoms with van der Waals surface area (Å²) in [6.45, 7) is 4.35. The van der Waals surface area contributed by atoms with E-state index in [0.29, 0.717) is 0 Å². The van der Waals surface area contributed by atoms with Crippen molar-refractivity contribution in [3.8, 4) is 0 Å². The van der Waals surface area contributed by atoms with E-state index in [4.69, 9.17) is 0 Å². The molecule has 0 spiro atoms. The van der Waals surface area contributed by atoms with Crippen molar-refractivity contribution in [2.24, 2.45) is 0 Å². The summed E-state index contributed by atoms with van der Waals surface area (Å²) < 4.78 is 0. The van der Waals surface area contributed by atoms with Gasteiger partial charge in [0, 0.05) is 19.3 Å². The maximum atomic E-state index is 11.3. The number of thioether (sulfide) groups is 1. The zero-order valence-corrected chi connectivity index (χ0v) is 14.6. The summed E-state index contributed by atoms with van der Waals surface area (Å²) in [6.07, 6.45) is 8.91. The van der Waals surface area contributed by atoms with Crippen molar-refractivity contribution in [3.63, 3.8) is 0 Å². The van der Waals surface area contributed by atoms with Crippen molar-refractivity contribution in [2.75, 3.05) is 19.3 Å². The largest absolute Gasteiger partial charge is 0.342 e. The van der Waals surface area contributed by atoms with E-state index in [1.54, 1.807) is 4.90 Å². The number of amides is 1. The molecular formula is C19H29NOS. The smallest absolute Gasteiger partial charge is 0.245 e. The molecule has 1 rings (SSSR count). The summed E-state index contributed by atoms with van der Waals surface area (Å²) in [5.41, 5.74) is 1.42. The molecule has 1 aromatic carbocycles. The van der Waals surface area contributed by atoms with Crippen LogP contribution in [0.2, 0.25) is 0 Å². The molecule has 0 saturated heterocycles. The van der Waals surface area contributed by atoms with Gasteiger partial charge < -0.3 is 4.90 Å². The molecule has 0 N–H and O–H groups in total. The molecule has 22 heavy (non-hydrogen) atoms. The maximum Gasteiger partial charge on any atom is 0.245 e. The molecule has 1 aromatic rings. The second-order valence-electron chi connectivity index (χ2n) is 5.62. The molecule has 0 saturated carbocycles. The summed E-state index contributed by atoms with van der Waals surface area (Å²) in [5, 5.41) is 0. The number of benzene rings is 1. The number of unbranched alkanes of at least 4 members (excludes halogenated alkanes) is 5. The number of carbonyl (C=O) groups is 1. The molecule has 0 aromatic heterocycles. The van der Waals surface area contributed by atoms with Crippen molar-refractivity contribution in [3.05, 3.63) is 48.6 Å². The zero-order valence-electron chi connectivity index (χ0n) is 13.8. The summed E-state index contributed by atoms with van der Waals surface area (Å²) in [4.78, 5) is 13.0. The van der Waals surface area contributed by atoms with Crippen LogP contribution in [0.5, 0.6) is 0 Å². The number of carbonyl (C=O) groups excluding carboxylic acids is 1. The van der Waals surface area contributed by atoms with Gasteiger partial charge in [0.1, 0.15) is 0 Å². The van der Waals surface area contributed by atoms with Crippen LogP contribution in [0.4, 0.5) is 0 Å². The third-order valence-corrected chi connectivity index (χ3v) is 4.81. The lowest BCUT2D eigenvalue weighted by Crippen LogP contribution is -2.25. The predicted octanol–water partition coefficient (Wildman–Crippen LogP) is 4.90. The van der Waals surface area contributed by atoms with Gasteiger partial charge in [-0.15, -0.1) is 0 Å². The van der Waals surface area contributed by atoms with Gasteiger partial charge in [0.25, 0.3) is 0 Å². The van der Waals surface area contributed by atoms with E-state index in [2.05, 4.69) is 36.9 Å². The molecule has 1 amide bonds. The standard InChI is InChI=1S/C19H29NOS/c1-3-19(21)20(2)15-11-6-4-5-7-12-16-22-17-18-13-9-8-10-14-18/h3,8-10,13-14H,1,4-7,11-12,15-17H2,2H3. The average Bonchev–Trinajstić information content (AvgIpc) is 2.56. The van der Waals surface area contributed by atoms with Gasteiger partial charge in [-0.05, 0) is 30.2 Å². The fourth-order valence-corrected chi connectivity index (χ4v) is 3.27.